The van der Waals surface area contributed by atoms with E-state index < -0.39 is 11.8 Å². The molecule has 1 N–H and O–H groups in total. The van der Waals surface area contributed by atoms with E-state index in [9.17, 15) is 9.59 Å². The second-order valence-electron chi connectivity index (χ2n) is 13.0. The molecule has 0 radical (unpaired) electrons. The van der Waals surface area contributed by atoms with Crippen molar-refractivity contribution in [3.8, 4) is 0 Å². The fourth-order valence-electron chi connectivity index (χ4n) is 7.01. The van der Waals surface area contributed by atoms with Crippen LogP contribution in [0.3, 0.4) is 0 Å². The van der Waals surface area contributed by atoms with Crippen molar-refractivity contribution in [3.63, 3.8) is 0 Å². The highest BCUT2D eigenvalue weighted by atomic mass is 16.7. The molecule has 212 valence electrons. The summed E-state index contributed by atoms with van der Waals surface area (Å²) in [7, 11) is 2.22. The van der Waals surface area contributed by atoms with E-state index in [0.29, 0.717) is 56.1 Å². The quantitative estimate of drug-likeness (QED) is 0.556. The second-order valence-corrected chi connectivity index (χ2v) is 13.0. The molecule has 4 fully saturated rings. The fraction of sp³-hybridized carbons (Fsp3) is 0.931. The molecule has 0 saturated carbocycles. The van der Waals surface area contributed by atoms with E-state index in [1.165, 1.54) is 19.3 Å². The predicted octanol–water partition coefficient (Wildman–Crippen LogP) is 3.10. The zero-order chi connectivity index (χ0) is 26.7. The van der Waals surface area contributed by atoms with Gasteiger partial charge in [0.1, 0.15) is 6.04 Å². The van der Waals surface area contributed by atoms with Crippen molar-refractivity contribution in [2.75, 3.05) is 46.4 Å². The maximum atomic E-state index is 14.0. The Balaban J connectivity index is 1.39. The average Bonchev–Trinajstić information content (AvgIpc) is 2.84. The van der Waals surface area contributed by atoms with Gasteiger partial charge < -0.3 is 29.5 Å². The van der Waals surface area contributed by atoms with Crippen molar-refractivity contribution in [3.05, 3.63) is 0 Å². The zero-order valence-corrected chi connectivity index (χ0v) is 24.2. The van der Waals surface area contributed by atoms with Gasteiger partial charge >= 0.3 is 0 Å². The summed E-state index contributed by atoms with van der Waals surface area (Å²) in [4.78, 5) is 33.8. The maximum absolute atomic E-state index is 14.0. The van der Waals surface area contributed by atoms with E-state index in [1.807, 2.05) is 9.80 Å². The summed E-state index contributed by atoms with van der Waals surface area (Å²) in [5, 5.41) is 3.38. The number of amides is 2. The van der Waals surface area contributed by atoms with Gasteiger partial charge in [0, 0.05) is 50.5 Å². The first kappa shape index (κ1) is 28.8. The van der Waals surface area contributed by atoms with Crippen LogP contribution < -0.4 is 5.32 Å². The summed E-state index contributed by atoms with van der Waals surface area (Å²) >= 11 is 0. The molecular weight excluding hydrogens is 468 g/mol. The normalized spacial score (nSPS) is 35.0. The summed E-state index contributed by atoms with van der Waals surface area (Å²) in [5.41, 5.74) is 0. The molecule has 2 amide bonds. The second kappa shape index (κ2) is 12.3. The van der Waals surface area contributed by atoms with Gasteiger partial charge in [-0.2, -0.15) is 0 Å². The lowest BCUT2D eigenvalue weighted by Gasteiger charge is -2.51. The number of piperazine rings is 1. The molecule has 4 atom stereocenters. The molecule has 0 aliphatic carbocycles. The monoisotopic (exact) mass is 520 g/mol. The minimum Gasteiger partial charge on any atom is -0.349 e. The lowest BCUT2D eigenvalue weighted by molar-refractivity contribution is -0.307. The molecule has 0 aromatic carbocycles. The van der Waals surface area contributed by atoms with Gasteiger partial charge in [-0.1, -0.05) is 34.1 Å². The number of carbonyl (C=O) groups is 2. The highest BCUT2D eigenvalue weighted by Crippen LogP contribution is 2.38. The van der Waals surface area contributed by atoms with E-state index in [2.05, 4.69) is 51.9 Å². The van der Waals surface area contributed by atoms with Crippen molar-refractivity contribution in [1.82, 2.24) is 20.0 Å². The number of likely N-dealkylation sites (tertiary alicyclic amines) is 2. The number of nitrogens with one attached hydrogen (secondary N) is 1. The van der Waals surface area contributed by atoms with E-state index in [0.717, 1.165) is 32.7 Å². The van der Waals surface area contributed by atoms with Crippen LogP contribution in [0.1, 0.15) is 79.6 Å². The van der Waals surface area contributed by atoms with E-state index in [1.54, 1.807) is 0 Å². The predicted molar refractivity (Wildman–Crippen MR) is 145 cm³/mol. The fourth-order valence-corrected chi connectivity index (χ4v) is 7.01. The van der Waals surface area contributed by atoms with Crippen LogP contribution in [0.5, 0.6) is 0 Å². The largest absolute Gasteiger partial charge is 0.349 e. The van der Waals surface area contributed by atoms with Crippen molar-refractivity contribution in [2.24, 2.45) is 17.8 Å². The molecular formula is C29H52N4O4. The number of hydrogen-bond acceptors (Lipinski definition) is 6. The Bertz CT molecular complexity index is 782. The van der Waals surface area contributed by atoms with Gasteiger partial charge in [0.05, 0.1) is 19.3 Å². The number of piperidine rings is 2. The molecule has 4 heterocycles. The molecule has 4 aliphatic heterocycles. The van der Waals surface area contributed by atoms with Crippen LogP contribution in [0.15, 0.2) is 0 Å². The molecule has 0 aromatic rings. The highest BCUT2D eigenvalue weighted by Gasteiger charge is 2.48. The van der Waals surface area contributed by atoms with Crippen molar-refractivity contribution in [2.45, 2.75) is 110 Å². The van der Waals surface area contributed by atoms with Crippen LogP contribution in [0, 0.1) is 17.8 Å². The first-order valence-corrected chi connectivity index (χ1v) is 14.9. The maximum Gasteiger partial charge on any atom is 0.245 e. The van der Waals surface area contributed by atoms with E-state index >= 15 is 0 Å². The molecule has 0 bridgehead atoms. The first-order valence-electron chi connectivity index (χ1n) is 14.9. The van der Waals surface area contributed by atoms with Gasteiger partial charge in [0.15, 0.2) is 5.79 Å². The molecule has 37 heavy (non-hydrogen) atoms. The Morgan fingerprint density at radius 1 is 1.08 bits per heavy atom. The standard InChI is InChI=1S/C29H52N4O4/c1-20(2)15-24-27(34)33(14-11-30-24)26(16-21(3)4)28(35)32-13-10-29(17-22(32)5)36-18-23(19-37-29)25-9-7-8-12-31(25)6/h20-26,30H,7-19H2,1-6H3/t22-,23?,24-,25?,26?,29?/m0/s1. The molecule has 4 rings (SSSR count). The van der Waals surface area contributed by atoms with Crippen molar-refractivity contribution in [1.29, 1.82) is 0 Å². The smallest absolute Gasteiger partial charge is 0.245 e. The number of rotatable bonds is 7. The lowest BCUT2D eigenvalue weighted by Crippen LogP contribution is -2.64. The Labute approximate surface area is 224 Å². The van der Waals surface area contributed by atoms with Gasteiger partial charge in [-0.15, -0.1) is 0 Å². The Kier molecular flexibility index (Phi) is 9.58. The Hall–Kier alpha value is -1.22. The molecule has 0 aromatic heterocycles. The number of carbonyl (C=O) groups excluding carboxylic acids is 2. The number of hydrogen-bond donors (Lipinski definition) is 1. The van der Waals surface area contributed by atoms with Crippen LogP contribution in [-0.4, -0.2) is 103 Å². The molecule has 2 unspecified atom stereocenters. The summed E-state index contributed by atoms with van der Waals surface area (Å²) in [6.07, 6.45) is 6.66. The highest BCUT2D eigenvalue weighted by molar-refractivity contribution is 5.90. The molecule has 4 aliphatic rings. The first-order chi connectivity index (χ1) is 17.6. The SMILES string of the molecule is CC(C)CC(C(=O)N1CCC2(C[C@@H]1C)OCC(C1CCCCN1C)CO2)N1CCN[C@@H](CC(C)C)C1=O. The summed E-state index contributed by atoms with van der Waals surface area (Å²) in [5.74, 6) is 0.753. The lowest BCUT2D eigenvalue weighted by atomic mass is 9.89. The third-order valence-electron chi connectivity index (χ3n) is 9.03. The molecule has 4 saturated heterocycles. The van der Waals surface area contributed by atoms with Crippen LogP contribution in [0.4, 0.5) is 0 Å². The van der Waals surface area contributed by atoms with Crippen LogP contribution in [-0.2, 0) is 19.1 Å². The minimum atomic E-state index is -0.583. The molecule has 1 spiro atoms. The van der Waals surface area contributed by atoms with Crippen LogP contribution in [0.2, 0.25) is 0 Å². The van der Waals surface area contributed by atoms with Gasteiger partial charge in [0.2, 0.25) is 11.8 Å². The van der Waals surface area contributed by atoms with Crippen molar-refractivity contribution >= 4 is 11.8 Å². The Morgan fingerprint density at radius 3 is 2.43 bits per heavy atom. The van der Waals surface area contributed by atoms with Crippen LogP contribution in [0.25, 0.3) is 0 Å². The van der Waals surface area contributed by atoms with Gasteiger partial charge in [0.25, 0.3) is 0 Å². The minimum absolute atomic E-state index is 0.00861. The summed E-state index contributed by atoms with van der Waals surface area (Å²) < 4.78 is 12.9. The zero-order valence-electron chi connectivity index (χ0n) is 24.2. The summed E-state index contributed by atoms with van der Waals surface area (Å²) in [6.45, 7) is 15.2. The summed E-state index contributed by atoms with van der Waals surface area (Å²) in [6, 6.07) is -0.0500. The number of nitrogens with zero attached hydrogens (tertiary/aromatic N) is 3. The van der Waals surface area contributed by atoms with Gasteiger partial charge in [-0.05, 0) is 58.0 Å². The topological polar surface area (TPSA) is 74.4 Å². The van der Waals surface area contributed by atoms with Gasteiger partial charge in [-0.25, -0.2) is 0 Å². The third-order valence-corrected chi connectivity index (χ3v) is 9.03. The average molecular weight is 521 g/mol. The van der Waals surface area contributed by atoms with Crippen LogP contribution >= 0.6 is 0 Å². The van der Waals surface area contributed by atoms with Crippen molar-refractivity contribution < 1.29 is 19.1 Å². The third kappa shape index (κ3) is 6.68. The van der Waals surface area contributed by atoms with Gasteiger partial charge in [-0.3, -0.25) is 9.59 Å². The molecule has 8 nitrogen and oxygen atoms in total. The van der Waals surface area contributed by atoms with E-state index in [-0.39, 0.29) is 23.9 Å². The van der Waals surface area contributed by atoms with E-state index in [4.69, 9.17) is 9.47 Å². The Morgan fingerprint density at radius 2 is 1.81 bits per heavy atom. The molecule has 8 heteroatoms. The number of ether oxygens (including phenoxy) is 2.